The third-order valence-electron chi connectivity index (χ3n) is 4.09. The molecule has 138 valence electrons. The first-order valence-corrected chi connectivity index (χ1v) is 8.88. The first kappa shape index (κ1) is 17.6. The molecule has 0 amide bonds. The van der Waals surface area contributed by atoms with Gasteiger partial charge < -0.3 is 10.6 Å². The quantitative estimate of drug-likeness (QED) is 0.497. The molecule has 0 atom stereocenters. The SMILES string of the molecule is Fc1ccccc1Nc1cc(-c2ccccc2)nc(NCc2ccccn2)n1. The Labute approximate surface area is 162 Å². The highest BCUT2D eigenvalue weighted by Gasteiger charge is 2.09. The van der Waals surface area contributed by atoms with E-state index in [1.807, 2.05) is 48.5 Å². The second kappa shape index (κ2) is 8.26. The number of pyridine rings is 1. The fourth-order valence-electron chi connectivity index (χ4n) is 2.72. The lowest BCUT2D eigenvalue weighted by Crippen LogP contribution is -2.07. The molecule has 0 aliphatic rings. The van der Waals surface area contributed by atoms with Gasteiger partial charge in [0.05, 0.1) is 23.6 Å². The molecule has 0 saturated heterocycles. The average molecular weight is 371 g/mol. The van der Waals surface area contributed by atoms with Gasteiger partial charge in [-0.25, -0.2) is 9.37 Å². The second-order valence-electron chi connectivity index (χ2n) is 6.11. The van der Waals surface area contributed by atoms with E-state index in [2.05, 4.69) is 25.6 Å². The monoisotopic (exact) mass is 371 g/mol. The summed E-state index contributed by atoms with van der Waals surface area (Å²) in [6.45, 7) is 0.484. The molecule has 5 nitrogen and oxygen atoms in total. The van der Waals surface area contributed by atoms with Crippen molar-refractivity contribution in [3.05, 3.63) is 96.6 Å². The summed E-state index contributed by atoms with van der Waals surface area (Å²) in [4.78, 5) is 13.4. The van der Waals surface area contributed by atoms with Crippen LogP contribution in [0.1, 0.15) is 5.69 Å². The van der Waals surface area contributed by atoms with E-state index in [1.165, 1.54) is 6.07 Å². The van der Waals surface area contributed by atoms with Gasteiger partial charge in [0.1, 0.15) is 11.6 Å². The lowest BCUT2D eigenvalue weighted by atomic mass is 10.1. The second-order valence-corrected chi connectivity index (χ2v) is 6.11. The van der Waals surface area contributed by atoms with Crippen LogP contribution in [0.5, 0.6) is 0 Å². The first-order valence-electron chi connectivity index (χ1n) is 8.88. The van der Waals surface area contributed by atoms with Gasteiger partial charge in [-0.2, -0.15) is 4.98 Å². The lowest BCUT2D eigenvalue weighted by Gasteiger charge is -2.12. The molecule has 4 rings (SSSR count). The summed E-state index contributed by atoms with van der Waals surface area (Å²) >= 11 is 0. The van der Waals surface area contributed by atoms with Gasteiger partial charge in [0.2, 0.25) is 5.95 Å². The molecule has 0 bridgehead atoms. The summed E-state index contributed by atoms with van der Waals surface area (Å²) in [7, 11) is 0. The van der Waals surface area contributed by atoms with E-state index in [-0.39, 0.29) is 5.82 Å². The van der Waals surface area contributed by atoms with Crippen LogP contribution in [0.4, 0.5) is 21.8 Å². The topological polar surface area (TPSA) is 62.7 Å². The Morgan fingerprint density at radius 3 is 2.39 bits per heavy atom. The maximum atomic E-state index is 14.0. The maximum Gasteiger partial charge on any atom is 0.225 e. The molecule has 28 heavy (non-hydrogen) atoms. The Morgan fingerprint density at radius 2 is 1.61 bits per heavy atom. The molecule has 2 heterocycles. The fraction of sp³-hybridized carbons (Fsp3) is 0.0455. The Bertz CT molecular complexity index is 1050. The molecular weight excluding hydrogens is 353 g/mol. The van der Waals surface area contributed by atoms with E-state index in [9.17, 15) is 4.39 Å². The highest BCUT2D eigenvalue weighted by molar-refractivity contribution is 5.67. The zero-order chi connectivity index (χ0) is 19.2. The van der Waals surface area contributed by atoms with E-state index in [0.29, 0.717) is 24.0 Å². The number of nitrogens with zero attached hydrogens (tertiary/aromatic N) is 3. The number of benzene rings is 2. The molecule has 4 aromatic rings. The van der Waals surface area contributed by atoms with Crippen LogP contribution in [0.3, 0.4) is 0 Å². The molecule has 2 aromatic heterocycles. The van der Waals surface area contributed by atoms with Crippen LogP contribution in [0.25, 0.3) is 11.3 Å². The maximum absolute atomic E-state index is 14.0. The van der Waals surface area contributed by atoms with Crippen LogP contribution in [0.2, 0.25) is 0 Å². The number of halogens is 1. The number of para-hydroxylation sites is 1. The van der Waals surface area contributed by atoms with Gasteiger partial charge in [-0.3, -0.25) is 4.98 Å². The van der Waals surface area contributed by atoms with Gasteiger partial charge in [-0.1, -0.05) is 48.5 Å². The molecule has 0 radical (unpaired) electrons. The predicted molar refractivity (Wildman–Crippen MR) is 109 cm³/mol. The summed E-state index contributed by atoms with van der Waals surface area (Å²) in [6.07, 6.45) is 1.74. The largest absolute Gasteiger partial charge is 0.348 e. The van der Waals surface area contributed by atoms with Crippen LogP contribution >= 0.6 is 0 Å². The number of hydrogen-bond acceptors (Lipinski definition) is 5. The highest BCUT2D eigenvalue weighted by atomic mass is 19.1. The molecule has 6 heteroatoms. The van der Waals surface area contributed by atoms with Crippen molar-refractivity contribution >= 4 is 17.5 Å². The van der Waals surface area contributed by atoms with Gasteiger partial charge in [-0.15, -0.1) is 0 Å². The van der Waals surface area contributed by atoms with Crippen LogP contribution < -0.4 is 10.6 Å². The van der Waals surface area contributed by atoms with Crippen molar-refractivity contribution < 1.29 is 4.39 Å². The lowest BCUT2D eigenvalue weighted by molar-refractivity contribution is 0.632. The Balaban J connectivity index is 1.65. The van der Waals surface area contributed by atoms with Crippen molar-refractivity contribution in [1.29, 1.82) is 0 Å². The minimum absolute atomic E-state index is 0.342. The van der Waals surface area contributed by atoms with Crippen molar-refractivity contribution in [2.45, 2.75) is 6.54 Å². The van der Waals surface area contributed by atoms with Gasteiger partial charge in [-0.05, 0) is 24.3 Å². The van der Waals surface area contributed by atoms with Gasteiger partial charge in [0, 0.05) is 17.8 Å². The van der Waals surface area contributed by atoms with Crippen molar-refractivity contribution in [3.63, 3.8) is 0 Å². The zero-order valence-electron chi connectivity index (χ0n) is 15.0. The molecule has 0 spiro atoms. The first-order chi connectivity index (χ1) is 13.8. The average Bonchev–Trinajstić information content (AvgIpc) is 2.75. The fourth-order valence-corrected chi connectivity index (χ4v) is 2.72. The Hall–Kier alpha value is -3.80. The molecule has 0 saturated carbocycles. The third-order valence-corrected chi connectivity index (χ3v) is 4.09. The molecule has 0 fully saturated rings. The van der Waals surface area contributed by atoms with E-state index in [4.69, 9.17) is 0 Å². The van der Waals surface area contributed by atoms with E-state index >= 15 is 0 Å². The number of hydrogen-bond donors (Lipinski definition) is 2. The van der Waals surface area contributed by atoms with Crippen LogP contribution in [0, 0.1) is 5.82 Å². The number of aromatic nitrogens is 3. The molecule has 0 unspecified atom stereocenters. The summed E-state index contributed by atoms with van der Waals surface area (Å²) in [5.74, 6) is 0.596. The summed E-state index contributed by atoms with van der Waals surface area (Å²) in [5, 5.41) is 6.23. The van der Waals surface area contributed by atoms with Crippen LogP contribution in [0.15, 0.2) is 85.1 Å². The molecule has 2 aromatic carbocycles. The van der Waals surface area contributed by atoms with Crippen molar-refractivity contribution in [1.82, 2.24) is 15.0 Å². The predicted octanol–water partition coefficient (Wildman–Crippen LogP) is 5.03. The minimum Gasteiger partial charge on any atom is -0.348 e. The van der Waals surface area contributed by atoms with E-state index in [1.54, 1.807) is 30.5 Å². The number of rotatable bonds is 6. The third kappa shape index (κ3) is 4.29. The molecule has 2 N–H and O–H groups in total. The summed E-state index contributed by atoms with van der Waals surface area (Å²) in [5.41, 5.74) is 2.91. The molecular formula is C22H18FN5. The van der Waals surface area contributed by atoms with Crippen molar-refractivity contribution in [3.8, 4) is 11.3 Å². The van der Waals surface area contributed by atoms with Gasteiger partial charge in [0.15, 0.2) is 0 Å². The molecule has 0 aliphatic carbocycles. The Morgan fingerprint density at radius 1 is 0.821 bits per heavy atom. The van der Waals surface area contributed by atoms with Crippen LogP contribution in [-0.2, 0) is 6.54 Å². The normalized spacial score (nSPS) is 10.5. The molecule has 0 aliphatic heterocycles. The smallest absolute Gasteiger partial charge is 0.225 e. The van der Waals surface area contributed by atoms with E-state index < -0.39 is 0 Å². The number of nitrogens with one attached hydrogen (secondary N) is 2. The Kier molecular flexibility index (Phi) is 5.20. The minimum atomic E-state index is -0.342. The van der Waals surface area contributed by atoms with E-state index in [0.717, 1.165) is 17.0 Å². The van der Waals surface area contributed by atoms with Gasteiger partial charge in [0.25, 0.3) is 0 Å². The highest BCUT2D eigenvalue weighted by Crippen LogP contribution is 2.24. The zero-order valence-corrected chi connectivity index (χ0v) is 15.0. The van der Waals surface area contributed by atoms with Crippen LogP contribution in [-0.4, -0.2) is 15.0 Å². The number of anilines is 3. The van der Waals surface area contributed by atoms with Crippen molar-refractivity contribution in [2.24, 2.45) is 0 Å². The summed E-state index contributed by atoms with van der Waals surface area (Å²) in [6, 6.07) is 23.8. The summed E-state index contributed by atoms with van der Waals surface area (Å²) < 4.78 is 14.0. The van der Waals surface area contributed by atoms with Gasteiger partial charge >= 0.3 is 0 Å². The van der Waals surface area contributed by atoms with Crippen molar-refractivity contribution in [2.75, 3.05) is 10.6 Å². The standard InChI is InChI=1S/C22H18FN5/c23-18-11-4-5-12-19(18)26-21-14-20(16-8-2-1-3-9-16)27-22(28-21)25-15-17-10-6-7-13-24-17/h1-14H,15H2,(H2,25,26,27,28).